The summed E-state index contributed by atoms with van der Waals surface area (Å²) < 4.78 is 32.2. The van der Waals surface area contributed by atoms with Crippen molar-refractivity contribution < 1.29 is 18.3 Å². The minimum Gasteiger partial charge on any atom is -0.496 e. The monoisotopic (exact) mass is 363 g/mol. The number of amides is 1. The Morgan fingerprint density at radius 3 is 2.46 bits per heavy atom. The van der Waals surface area contributed by atoms with E-state index in [0.29, 0.717) is 31.7 Å². The number of hydrogen-bond donors (Lipinski definition) is 1. The van der Waals surface area contributed by atoms with Gasteiger partial charge in [0.15, 0.2) is 11.6 Å². The van der Waals surface area contributed by atoms with Gasteiger partial charge in [-0.1, -0.05) is 36.1 Å². The van der Waals surface area contributed by atoms with Crippen molar-refractivity contribution in [3.8, 4) is 16.9 Å². The first-order valence-corrected chi connectivity index (χ1v) is 8.08. The molecule has 2 aromatic carbocycles. The zero-order valence-corrected chi connectivity index (χ0v) is 14.1. The highest BCUT2D eigenvalue weighted by Gasteiger charge is 2.22. The lowest BCUT2D eigenvalue weighted by Gasteiger charge is -2.09. The normalized spacial score (nSPS) is 15.7. The number of methoxy groups -OCH3 is 1. The molecule has 1 N–H and O–H groups in total. The molecule has 1 heterocycles. The van der Waals surface area contributed by atoms with Crippen LogP contribution in [-0.4, -0.2) is 17.3 Å². The molecule has 3 nitrogen and oxygen atoms in total. The number of hydrogen-bond acceptors (Lipinski definition) is 4. The number of thiocarbonyl (C=S) groups is 1. The Kier molecular flexibility index (Phi) is 4.64. The fourth-order valence-electron chi connectivity index (χ4n) is 2.26. The number of carbonyl (C=O) groups is 1. The first-order chi connectivity index (χ1) is 11.5. The Bertz CT molecular complexity index is 881. The Labute approximate surface area is 146 Å². The number of carbonyl (C=O) groups excluding carboxylic acids is 1. The summed E-state index contributed by atoms with van der Waals surface area (Å²) in [7, 11) is 1.51. The molecule has 0 aromatic heterocycles. The summed E-state index contributed by atoms with van der Waals surface area (Å²) >= 11 is 6.12. The average Bonchev–Trinajstić information content (AvgIpc) is 2.87. The summed E-state index contributed by atoms with van der Waals surface area (Å²) in [5.41, 5.74) is 1.84. The largest absolute Gasteiger partial charge is 0.496 e. The molecule has 0 bridgehead atoms. The van der Waals surface area contributed by atoms with Crippen LogP contribution in [0.25, 0.3) is 17.2 Å². The maximum Gasteiger partial charge on any atom is 0.263 e. The fourth-order valence-corrected chi connectivity index (χ4v) is 3.30. The van der Waals surface area contributed by atoms with Gasteiger partial charge >= 0.3 is 0 Å². The Balaban J connectivity index is 2.05. The van der Waals surface area contributed by atoms with Crippen molar-refractivity contribution >= 4 is 40.3 Å². The molecule has 0 unspecified atom stereocenters. The molecule has 7 heteroatoms. The third kappa shape index (κ3) is 3.32. The Morgan fingerprint density at radius 1 is 1.12 bits per heavy atom. The van der Waals surface area contributed by atoms with E-state index in [1.165, 1.54) is 13.2 Å². The van der Waals surface area contributed by atoms with Crippen LogP contribution >= 0.6 is 24.0 Å². The summed E-state index contributed by atoms with van der Waals surface area (Å²) in [6.45, 7) is 0. The van der Waals surface area contributed by atoms with E-state index >= 15 is 0 Å². The van der Waals surface area contributed by atoms with E-state index in [-0.39, 0.29) is 5.91 Å². The zero-order chi connectivity index (χ0) is 17.3. The minimum absolute atomic E-state index is 0.273. The summed E-state index contributed by atoms with van der Waals surface area (Å²) in [5, 5.41) is 2.54. The van der Waals surface area contributed by atoms with Gasteiger partial charge < -0.3 is 10.1 Å². The third-order valence-electron chi connectivity index (χ3n) is 3.41. The molecule has 1 aliphatic rings. The zero-order valence-electron chi connectivity index (χ0n) is 12.4. The number of nitrogens with one attached hydrogen (secondary N) is 1. The smallest absolute Gasteiger partial charge is 0.263 e. The van der Waals surface area contributed by atoms with E-state index in [2.05, 4.69) is 5.32 Å². The Morgan fingerprint density at radius 2 is 1.83 bits per heavy atom. The second kappa shape index (κ2) is 6.70. The number of thioether (sulfide) groups is 1. The summed E-state index contributed by atoms with van der Waals surface area (Å²) in [4.78, 5) is 12.3. The van der Waals surface area contributed by atoms with E-state index in [0.717, 1.165) is 23.9 Å². The van der Waals surface area contributed by atoms with E-state index in [1.807, 2.05) is 0 Å². The van der Waals surface area contributed by atoms with E-state index in [4.69, 9.17) is 17.0 Å². The lowest BCUT2D eigenvalue weighted by Crippen LogP contribution is -2.17. The number of rotatable bonds is 3. The van der Waals surface area contributed by atoms with Crippen molar-refractivity contribution in [2.24, 2.45) is 0 Å². The van der Waals surface area contributed by atoms with Crippen LogP contribution in [0.1, 0.15) is 5.56 Å². The van der Waals surface area contributed by atoms with Crippen LogP contribution in [0.15, 0.2) is 41.3 Å². The van der Waals surface area contributed by atoms with Crippen LogP contribution < -0.4 is 10.1 Å². The molecule has 2 aromatic rings. The molecular formula is C17H11F2NO2S2. The maximum atomic E-state index is 13.5. The highest BCUT2D eigenvalue weighted by Crippen LogP contribution is 2.32. The summed E-state index contributed by atoms with van der Waals surface area (Å²) in [6.07, 6.45) is 1.65. The van der Waals surface area contributed by atoms with E-state index in [9.17, 15) is 13.6 Å². The van der Waals surface area contributed by atoms with Gasteiger partial charge in [0.1, 0.15) is 10.1 Å². The predicted octanol–water partition coefficient (Wildman–Crippen LogP) is 4.13. The number of benzene rings is 2. The highest BCUT2D eigenvalue weighted by atomic mass is 32.2. The van der Waals surface area contributed by atoms with Crippen LogP contribution in [0.4, 0.5) is 8.78 Å². The van der Waals surface area contributed by atoms with Gasteiger partial charge in [0.2, 0.25) is 0 Å². The SMILES string of the molecule is COc1ccc(-c2ccc(F)c(F)c2)cc1C=C1SC(=S)NC1=O. The molecule has 0 radical (unpaired) electrons. The van der Waals surface area contributed by atoms with Crippen LogP contribution in [0.2, 0.25) is 0 Å². The molecule has 24 heavy (non-hydrogen) atoms. The summed E-state index contributed by atoms with van der Waals surface area (Å²) in [6, 6.07) is 8.88. The van der Waals surface area contributed by atoms with E-state index < -0.39 is 11.6 Å². The van der Waals surface area contributed by atoms with Gasteiger partial charge in [-0.25, -0.2) is 8.78 Å². The summed E-state index contributed by atoms with van der Waals surface area (Å²) in [5.74, 6) is -1.54. The van der Waals surface area contributed by atoms with Gasteiger partial charge in [-0.3, -0.25) is 4.79 Å². The third-order valence-corrected chi connectivity index (χ3v) is 4.57. The Hall–Kier alpha value is -2.25. The van der Waals surface area contributed by atoms with Gasteiger partial charge in [0, 0.05) is 5.56 Å². The van der Waals surface area contributed by atoms with Gasteiger partial charge in [0.25, 0.3) is 5.91 Å². The highest BCUT2D eigenvalue weighted by molar-refractivity contribution is 8.26. The van der Waals surface area contributed by atoms with Gasteiger partial charge in [-0.15, -0.1) is 0 Å². The first-order valence-electron chi connectivity index (χ1n) is 6.86. The standard InChI is InChI=1S/C17H11F2NO2S2/c1-22-14-5-3-9(10-2-4-12(18)13(19)7-10)6-11(14)8-15-16(21)20-17(23)24-15/h2-8H,1H3,(H,20,21,23). The minimum atomic E-state index is -0.917. The van der Waals surface area contributed by atoms with Crippen LogP contribution in [-0.2, 0) is 4.79 Å². The van der Waals surface area contributed by atoms with Crippen molar-refractivity contribution in [2.45, 2.75) is 0 Å². The number of ether oxygens (including phenoxy) is 1. The lowest BCUT2D eigenvalue weighted by atomic mass is 10.0. The van der Waals surface area contributed by atoms with Crippen molar-refractivity contribution in [1.29, 1.82) is 0 Å². The molecule has 0 saturated carbocycles. The first kappa shape index (κ1) is 16.6. The van der Waals surface area contributed by atoms with Gasteiger partial charge in [0.05, 0.1) is 12.0 Å². The van der Waals surface area contributed by atoms with Gasteiger partial charge in [-0.05, 0) is 41.5 Å². The molecule has 0 aliphatic carbocycles. The lowest BCUT2D eigenvalue weighted by molar-refractivity contribution is -0.115. The molecular weight excluding hydrogens is 352 g/mol. The van der Waals surface area contributed by atoms with Crippen molar-refractivity contribution in [1.82, 2.24) is 5.32 Å². The van der Waals surface area contributed by atoms with Crippen molar-refractivity contribution in [3.63, 3.8) is 0 Å². The molecule has 1 fully saturated rings. The second-order valence-electron chi connectivity index (χ2n) is 4.94. The van der Waals surface area contributed by atoms with Crippen LogP contribution in [0.3, 0.4) is 0 Å². The molecule has 122 valence electrons. The van der Waals surface area contributed by atoms with Crippen LogP contribution in [0.5, 0.6) is 5.75 Å². The molecule has 1 amide bonds. The predicted molar refractivity (Wildman–Crippen MR) is 94.7 cm³/mol. The molecule has 1 saturated heterocycles. The number of halogens is 2. The second-order valence-corrected chi connectivity index (χ2v) is 6.66. The van der Waals surface area contributed by atoms with Crippen molar-refractivity contribution in [3.05, 3.63) is 58.5 Å². The quantitative estimate of drug-likeness (QED) is 0.657. The van der Waals surface area contributed by atoms with Crippen molar-refractivity contribution in [2.75, 3.05) is 7.11 Å². The average molecular weight is 363 g/mol. The molecule has 0 atom stereocenters. The van der Waals surface area contributed by atoms with Crippen LogP contribution in [0, 0.1) is 11.6 Å². The molecule has 3 rings (SSSR count). The van der Waals surface area contributed by atoms with E-state index in [1.54, 1.807) is 24.3 Å². The molecule has 1 aliphatic heterocycles. The molecule has 0 spiro atoms. The van der Waals surface area contributed by atoms with Gasteiger partial charge in [-0.2, -0.15) is 0 Å². The maximum absolute atomic E-state index is 13.5. The fraction of sp³-hybridized carbons (Fsp3) is 0.0588. The topological polar surface area (TPSA) is 38.3 Å².